The van der Waals surface area contributed by atoms with Crippen molar-refractivity contribution in [2.24, 2.45) is 5.14 Å². The van der Waals surface area contributed by atoms with Crippen LogP contribution in [-0.2, 0) is 15.0 Å². The van der Waals surface area contributed by atoms with Gasteiger partial charge in [0.05, 0.1) is 5.69 Å². The van der Waals surface area contributed by atoms with E-state index in [0.29, 0.717) is 28.7 Å². The number of unbranched alkanes of at least 4 members (excludes halogenated alkanes) is 1. The maximum absolute atomic E-state index is 12.4. The fourth-order valence-corrected chi connectivity index (χ4v) is 3.66. The normalized spacial score (nSPS) is 12.3. The number of carbonyl (C=O) groups excluding carboxylic acids is 1. The van der Waals surface area contributed by atoms with Gasteiger partial charge in [-0.1, -0.05) is 23.7 Å². The van der Waals surface area contributed by atoms with E-state index in [9.17, 15) is 18.0 Å². The zero-order valence-electron chi connectivity index (χ0n) is 15.1. The minimum Gasteiger partial charge on any atom is -0.465 e. The maximum atomic E-state index is 12.4. The lowest BCUT2D eigenvalue weighted by atomic mass is 10.1. The van der Waals surface area contributed by atoms with Gasteiger partial charge in [-0.2, -0.15) is 8.42 Å². The Balaban J connectivity index is 1.93. The molecule has 1 aromatic carbocycles. The lowest BCUT2D eigenvalue weighted by Gasteiger charge is -2.15. The summed E-state index contributed by atoms with van der Waals surface area (Å²) in [5.74, 6) is -0.552. The molecule has 0 aliphatic heterocycles. The summed E-state index contributed by atoms with van der Waals surface area (Å²) in [5.41, 5.74) is 1.48. The zero-order valence-corrected chi connectivity index (χ0v) is 17.5. The van der Waals surface area contributed by atoms with E-state index in [-0.39, 0.29) is 13.0 Å². The van der Waals surface area contributed by atoms with E-state index in [1.165, 1.54) is 11.3 Å². The van der Waals surface area contributed by atoms with Crippen molar-refractivity contribution in [2.75, 3.05) is 11.9 Å². The molecule has 6 N–H and O–H groups in total. The van der Waals surface area contributed by atoms with Crippen LogP contribution in [-0.4, -0.2) is 43.1 Å². The number of hydrogen-bond donors (Lipinski definition) is 5. The summed E-state index contributed by atoms with van der Waals surface area (Å²) in [4.78, 5) is 27.7. The molecule has 13 heteroatoms. The number of hydrogen-bond acceptors (Lipinski definition) is 6. The molecule has 10 nitrogen and oxygen atoms in total. The molecule has 2 rings (SSSR count). The smallest absolute Gasteiger partial charge is 0.405 e. The number of nitrogens with zero attached hydrogens (tertiary/aromatic N) is 1. The molecule has 2 aromatic rings. The predicted octanol–water partition coefficient (Wildman–Crippen LogP) is 2.00. The Morgan fingerprint density at radius 3 is 2.55 bits per heavy atom. The third-order valence-electron chi connectivity index (χ3n) is 3.71. The molecule has 2 amide bonds. The highest BCUT2D eigenvalue weighted by molar-refractivity contribution is 7.87. The number of nitrogens with two attached hydrogens (primary N) is 1. The van der Waals surface area contributed by atoms with Crippen LogP contribution in [0.25, 0.3) is 11.3 Å². The van der Waals surface area contributed by atoms with Crippen LogP contribution >= 0.6 is 22.9 Å². The highest BCUT2D eigenvalue weighted by Crippen LogP contribution is 2.26. The summed E-state index contributed by atoms with van der Waals surface area (Å²) in [6.07, 6.45) is -0.373. The molecular weight excluding hydrogens is 442 g/mol. The van der Waals surface area contributed by atoms with Crippen LogP contribution < -0.4 is 20.5 Å². The van der Waals surface area contributed by atoms with Gasteiger partial charge in [0.25, 0.3) is 10.2 Å². The number of rotatable bonds is 10. The number of benzene rings is 1. The number of aromatic nitrogens is 1. The minimum atomic E-state index is -3.78. The van der Waals surface area contributed by atoms with E-state index in [1.54, 1.807) is 29.6 Å². The Kier molecular flexibility index (Phi) is 8.34. The second-order valence-electron chi connectivity index (χ2n) is 5.97. The average molecular weight is 462 g/mol. The Bertz CT molecular complexity index is 949. The molecule has 0 spiro atoms. The number of nitrogens with one attached hydrogen (secondary N) is 3. The standard InChI is InChI=1S/C16H20ClN5O5S2/c17-11-6-4-10(5-7-11)13-9-28-15(20-13)22-14(23)12(21-16(24)25)3-1-2-8-19-29(18,26)27/h4-7,9,12,19,21H,1-3,8H2,(H,24,25)(H2,18,26,27)(H,20,22,23). The van der Waals surface area contributed by atoms with Gasteiger partial charge in [0, 0.05) is 22.5 Å². The molecule has 0 aliphatic rings. The number of halogens is 1. The van der Waals surface area contributed by atoms with Crippen LogP contribution in [0.1, 0.15) is 19.3 Å². The Hall–Kier alpha value is -2.25. The average Bonchev–Trinajstić information content (AvgIpc) is 3.08. The van der Waals surface area contributed by atoms with Gasteiger partial charge in [-0.05, 0) is 31.4 Å². The van der Waals surface area contributed by atoms with Crippen LogP contribution in [0.2, 0.25) is 5.02 Å². The largest absolute Gasteiger partial charge is 0.465 e. The summed E-state index contributed by atoms with van der Waals surface area (Å²) in [5, 5.41) is 21.2. The van der Waals surface area contributed by atoms with Gasteiger partial charge in [-0.3, -0.25) is 4.79 Å². The van der Waals surface area contributed by atoms with Crippen LogP contribution in [0, 0.1) is 0 Å². The SMILES string of the molecule is NS(=O)(=O)NCCCCC(NC(=O)O)C(=O)Nc1nc(-c2ccc(Cl)cc2)cs1. The van der Waals surface area contributed by atoms with Crippen LogP contribution in [0.4, 0.5) is 9.93 Å². The zero-order chi connectivity index (χ0) is 21.4. The van der Waals surface area contributed by atoms with Crippen molar-refractivity contribution in [3.63, 3.8) is 0 Å². The van der Waals surface area contributed by atoms with E-state index < -0.39 is 28.3 Å². The van der Waals surface area contributed by atoms with Crippen molar-refractivity contribution >= 4 is 50.3 Å². The molecule has 1 unspecified atom stereocenters. The summed E-state index contributed by atoms with van der Waals surface area (Å²) in [6.45, 7) is 0.0944. The monoisotopic (exact) mass is 461 g/mol. The molecule has 1 heterocycles. The van der Waals surface area contributed by atoms with Crippen LogP contribution in [0.15, 0.2) is 29.6 Å². The summed E-state index contributed by atoms with van der Waals surface area (Å²) in [6, 6.07) is 6.05. The lowest BCUT2D eigenvalue weighted by Crippen LogP contribution is -2.43. The molecule has 29 heavy (non-hydrogen) atoms. The van der Waals surface area contributed by atoms with E-state index >= 15 is 0 Å². The fraction of sp³-hybridized carbons (Fsp3) is 0.312. The molecule has 1 aromatic heterocycles. The molecule has 0 saturated carbocycles. The van der Waals surface area contributed by atoms with Gasteiger partial charge in [-0.15, -0.1) is 11.3 Å². The summed E-state index contributed by atoms with van der Waals surface area (Å²) < 4.78 is 23.7. The van der Waals surface area contributed by atoms with E-state index in [2.05, 4.69) is 20.3 Å². The number of anilines is 1. The Morgan fingerprint density at radius 1 is 1.24 bits per heavy atom. The van der Waals surface area contributed by atoms with Crippen molar-refractivity contribution in [2.45, 2.75) is 25.3 Å². The van der Waals surface area contributed by atoms with Crippen molar-refractivity contribution in [1.82, 2.24) is 15.0 Å². The second kappa shape index (κ2) is 10.5. The van der Waals surface area contributed by atoms with E-state index in [4.69, 9.17) is 21.8 Å². The predicted molar refractivity (Wildman–Crippen MR) is 111 cm³/mol. The quantitative estimate of drug-likeness (QED) is 0.339. The lowest BCUT2D eigenvalue weighted by molar-refractivity contribution is -0.118. The topological polar surface area (TPSA) is 164 Å². The first-order valence-corrected chi connectivity index (χ1v) is 11.2. The molecule has 1 atom stereocenters. The Morgan fingerprint density at radius 2 is 1.93 bits per heavy atom. The maximum Gasteiger partial charge on any atom is 0.405 e. The third-order valence-corrected chi connectivity index (χ3v) is 5.33. The minimum absolute atomic E-state index is 0.0944. The van der Waals surface area contributed by atoms with Crippen molar-refractivity contribution in [3.05, 3.63) is 34.7 Å². The van der Waals surface area contributed by atoms with Crippen LogP contribution in [0.5, 0.6) is 0 Å². The first kappa shape index (κ1) is 23.0. The van der Waals surface area contributed by atoms with Gasteiger partial charge in [0.15, 0.2) is 5.13 Å². The Labute approximate surface area is 176 Å². The van der Waals surface area contributed by atoms with Crippen molar-refractivity contribution in [1.29, 1.82) is 0 Å². The van der Waals surface area contributed by atoms with Gasteiger partial charge >= 0.3 is 6.09 Å². The molecule has 0 aliphatic carbocycles. The highest BCUT2D eigenvalue weighted by atomic mass is 35.5. The fourth-order valence-electron chi connectivity index (χ4n) is 2.38. The molecule has 0 fully saturated rings. The van der Waals surface area contributed by atoms with Gasteiger partial charge < -0.3 is 15.7 Å². The number of carboxylic acid groups (broad SMARTS) is 1. The highest BCUT2D eigenvalue weighted by Gasteiger charge is 2.21. The van der Waals surface area contributed by atoms with E-state index in [1.807, 2.05) is 0 Å². The molecule has 0 radical (unpaired) electrons. The number of thiazole rings is 1. The molecule has 158 valence electrons. The van der Waals surface area contributed by atoms with Crippen LogP contribution in [0.3, 0.4) is 0 Å². The summed E-state index contributed by atoms with van der Waals surface area (Å²) in [7, 11) is -3.78. The van der Waals surface area contributed by atoms with Gasteiger partial charge in [0.1, 0.15) is 6.04 Å². The van der Waals surface area contributed by atoms with E-state index in [0.717, 1.165) is 5.56 Å². The van der Waals surface area contributed by atoms with Gasteiger partial charge in [-0.25, -0.2) is 19.6 Å². The molecular formula is C16H20ClN5O5S2. The number of amides is 2. The van der Waals surface area contributed by atoms with Gasteiger partial charge in [0.2, 0.25) is 5.91 Å². The van der Waals surface area contributed by atoms with Crippen molar-refractivity contribution < 1.29 is 23.1 Å². The first-order valence-electron chi connectivity index (χ1n) is 8.43. The van der Waals surface area contributed by atoms with Crippen molar-refractivity contribution in [3.8, 4) is 11.3 Å². The molecule has 0 bridgehead atoms. The molecule has 0 saturated heterocycles. The summed E-state index contributed by atoms with van der Waals surface area (Å²) >= 11 is 7.07. The number of carbonyl (C=O) groups is 2. The first-order chi connectivity index (χ1) is 13.6. The second-order valence-corrected chi connectivity index (χ2v) is 8.64. The third kappa shape index (κ3) is 8.33.